The molecule has 0 aromatic carbocycles. The molecule has 0 saturated carbocycles. The van der Waals surface area contributed by atoms with Crippen LogP contribution in [0, 0.1) is 4.77 Å². The first kappa shape index (κ1) is 4.39. The third-order valence-electron chi connectivity index (χ3n) is 0.448. The summed E-state index contributed by atoms with van der Waals surface area (Å²) in [6.45, 7) is 0. The Kier molecular flexibility index (Phi) is 1.12. The second kappa shape index (κ2) is 1.79. The van der Waals surface area contributed by atoms with Crippen molar-refractivity contribution in [3.63, 3.8) is 0 Å². The minimum atomic E-state index is 0.311. The maximum absolute atomic E-state index is 4.53. The van der Waals surface area contributed by atoms with Crippen molar-refractivity contribution in [1.82, 2.24) is 9.97 Å². The van der Waals surface area contributed by atoms with E-state index in [0.29, 0.717) is 4.77 Å². The van der Waals surface area contributed by atoms with Crippen LogP contribution in [0.3, 0.4) is 0 Å². The monoisotopic (exact) mass is 114 g/mol. The third kappa shape index (κ3) is 1.04. The van der Waals surface area contributed by atoms with Crippen LogP contribution >= 0.6 is 12.2 Å². The van der Waals surface area contributed by atoms with Crippen LogP contribution in [0.15, 0.2) is 17.2 Å². The van der Waals surface area contributed by atoms with Gasteiger partial charge in [-0.15, -0.1) is 0 Å². The quantitative estimate of drug-likeness (QED) is 0.467. The van der Waals surface area contributed by atoms with Gasteiger partial charge in [0, 0.05) is 0 Å². The zero-order chi connectivity index (χ0) is 5.11. The van der Waals surface area contributed by atoms with Crippen LogP contribution in [0.25, 0.3) is 0 Å². The fraction of sp³-hybridized carbons (Fsp3) is 0. The number of rotatable bonds is 0. The minimum Gasteiger partial charge on any atom is -0.434 e. The Morgan fingerprint density at radius 1 is 1.43 bits per heavy atom. The van der Waals surface area contributed by atoms with E-state index in [1.807, 2.05) is 0 Å². The highest BCUT2D eigenvalue weighted by molar-refractivity contribution is 7.71. The zero-order valence-electron chi connectivity index (χ0n) is 3.37. The minimum absolute atomic E-state index is 0.311. The molecule has 0 fully saturated rings. The summed E-state index contributed by atoms with van der Waals surface area (Å²) in [5.74, 6) is 0. The van der Waals surface area contributed by atoms with Gasteiger partial charge in [-0.3, -0.25) is 0 Å². The zero-order valence-corrected chi connectivity index (χ0v) is 4.18. The number of aromatic nitrogens is 2. The van der Waals surface area contributed by atoms with Crippen molar-refractivity contribution in [3.8, 4) is 0 Å². The van der Waals surface area contributed by atoms with E-state index < -0.39 is 0 Å². The second-order valence-electron chi connectivity index (χ2n) is 0.888. The van der Waals surface area contributed by atoms with Gasteiger partial charge in [-0.25, -0.2) is 0 Å². The first-order valence-electron chi connectivity index (χ1n) is 1.64. The Balaban J connectivity index is 3.28. The summed E-state index contributed by atoms with van der Waals surface area (Å²) in [6, 6.07) is 0. The Bertz CT molecular complexity index is 179. The van der Waals surface area contributed by atoms with Crippen molar-refractivity contribution in [1.29, 1.82) is 0 Å². The molecule has 0 saturated heterocycles. The predicted molar refractivity (Wildman–Crippen MR) is 25.1 cm³/mol. The van der Waals surface area contributed by atoms with Gasteiger partial charge < -0.3 is 4.42 Å². The standard InChI is InChI=1S/C3H2N2OS/c7-3-4-1-6-2-5-3/h1-2H. The summed E-state index contributed by atoms with van der Waals surface area (Å²) in [6.07, 6.45) is 2.49. The summed E-state index contributed by atoms with van der Waals surface area (Å²) >= 11 is 4.53. The van der Waals surface area contributed by atoms with Gasteiger partial charge in [0.25, 0.3) is 0 Å². The highest BCUT2D eigenvalue weighted by atomic mass is 32.1. The second-order valence-corrected chi connectivity index (χ2v) is 1.25. The van der Waals surface area contributed by atoms with Crippen LogP contribution in [0.4, 0.5) is 0 Å². The molecule has 0 aliphatic rings. The Morgan fingerprint density at radius 3 is 2.29 bits per heavy atom. The van der Waals surface area contributed by atoms with E-state index in [-0.39, 0.29) is 0 Å². The van der Waals surface area contributed by atoms with Gasteiger partial charge in [-0.1, -0.05) is 0 Å². The van der Waals surface area contributed by atoms with Crippen LogP contribution in [-0.2, 0) is 0 Å². The van der Waals surface area contributed by atoms with E-state index in [1.165, 1.54) is 12.8 Å². The molecule has 0 aliphatic heterocycles. The molecule has 7 heavy (non-hydrogen) atoms. The van der Waals surface area contributed by atoms with E-state index in [0.717, 1.165) is 0 Å². The SMILES string of the molecule is S=c1ncocn1. The molecule has 0 N–H and O–H groups in total. The maximum Gasteiger partial charge on any atom is 0.224 e. The molecule has 4 heteroatoms. The van der Waals surface area contributed by atoms with Crippen LogP contribution in [0.2, 0.25) is 0 Å². The molecule has 1 heterocycles. The first-order valence-corrected chi connectivity index (χ1v) is 2.05. The van der Waals surface area contributed by atoms with Crippen LogP contribution < -0.4 is 0 Å². The van der Waals surface area contributed by atoms with Crippen LogP contribution in [0.1, 0.15) is 0 Å². The van der Waals surface area contributed by atoms with E-state index in [4.69, 9.17) is 0 Å². The summed E-state index contributed by atoms with van der Waals surface area (Å²) < 4.78 is 4.78. The summed E-state index contributed by atoms with van der Waals surface area (Å²) in [5, 5.41) is 0. The van der Waals surface area contributed by atoms with E-state index >= 15 is 0 Å². The molecule has 0 radical (unpaired) electrons. The largest absolute Gasteiger partial charge is 0.434 e. The Morgan fingerprint density at radius 2 is 2.00 bits per heavy atom. The number of hydrogen-bond acceptors (Lipinski definition) is 4. The molecule has 1 rings (SSSR count). The van der Waals surface area contributed by atoms with Crippen molar-refractivity contribution in [2.24, 2.45) is 0 Å². The smallest absolute Gasteiger partial charge is 0.224 e. The van der Waals surface area contributed by atoms with Gasteiger partial charge in [0.1, 0.15) is 0 Å². The molecule has 0 unspecified atom stereocenters. The molecule has 0 amide bonds. The number of nitrogens with zero attached hydrogens (tertiary/aromatic N) is 2. The van der Waals surface area contributed by atoms with Gasteiger partial charge in [-0.05, 0) is 12.2 Å². The van der Waals surface area contributed by atoms with Crippen molar-refractivity contribution in [2.45, 2.75) is 0 Å². The predicted octanol–water partition coefficient (Wildman–Crippen LogP) is 0.799. The molecule has 1 aromatic heterocycles. The van der Waals surface area contributed by atoms with Crippen LogP contribution in [0.5, 0.6) is 0 Å². The molecular formula is C3H2N2OS. The van der Waals surface area contributed by atoms with E-state index in [1.54, 1.807) is 0 Å². The van der Waals surface area contributed by atoms with E-state index in [2.05, 4.69) is 26.6 Å². The summed E-state index contributed by atoms with van der Waals surface area (Å²) in [4.78, 5) is 7.03. The molecule has 0 aliphatic carbocycles. The lowest BCUT2D eigenvalue weighted by atomic mass is 11.2. The lowest BCUT2D eigenvalue weighted by molar-refractivity contribution is 0.500. The van der Waals surface area contributed by atoms with Crippen LogP contribution in [-0.4, -0.2) is 9.97 Å². The van der Waals surface area contributed by atoms with Crippen molar-refractivity contribution < 1.29 is 4.42 Å². The third-order valence-corrected chi connectivity index (χ3v) is 0.659. The van der Waals surface area contributed by atoms with Gasteiger partial charge in [0.15, 0.2) is 12.8 Å². The van der Waals surface area contributed by atoms with Crippen molar-refractivity contribution in [2.75, 3.05) is 0 Å². The van der Waals surface area contributed by atoms with Gasteiger partial charge in [-0.2, -0.15) is 9.97 Å². The molecule has 0 spiro atoms. The lowest BCUT2D eigenvalue weighted by Crippen LogP contribution is -1.72. The molecule has 36 valence electrons. The summed E-state index contributed by atoms with van der Waals surface area (Å²) in [5.41, 5.74) is 0. The molecule has 0 atom stereocenters. The Labute approximate surface area is 45.0 Å². The maximum atomic E-state index is 4.53. The molecule has 3 nitrogen and oxygen atoms in total. The fourth-order valence-electron chi connectivity index (χ4n) is 0.212. The highest BCUT2D eigenvalue weighted by Crippen LogP contribution is 1.73. The van der Waals surface area contributed by atoms with Gasteiger partial charge in [0.2, 0.25) is 4.77 Å². The highest BCUT2D eigenvalue weighted by Gasteiger charge is 1.70. The Hall–Kier alpha value is -0.770. The lowest BCUT2D eigenvalue weighted by Gasteiger charge is -1.73. The summed E-state index contributed by atoms with van der Waals surface area (Å²) in [7, 11) is 0. The van der Waals surface area contributed by atoms with Crippen molar-refractivity contribution >= 4 is 12.2 Å². The molecule has 1 aromatic rings. The number of hydrogen-bond donors (Lipinski definition) is 0. The van der Waals surface area contributed by atoms with E-state index in [9.17, 15) is 0 Å². The first-order chi connectivity index (χ1) is 3.39. The van der Waals surface area contributed by atoms with Gasteiger partial charge >= 0.3 is 0 Å². The molecule has 0 bridgehead atoms. The van der Waals surface area contributed by atoms with Gasteiger partial charge in [0.05, 0.1) is 0 Å². The average molecular weight is 114 g/mol. The normalized spacial score (nSPS) is 8.57. The fourth-order valence-corrected chi connectivity index (χ4v) is 0.298. The van der Waals surface area contributed by atoms with Crippen molar-refractivity contribution in [3.05, 3.63) is 17.6 Å². The topological polar surface area (TPSA) is 38.9 Å². The molecular weight excluding hydrogens is 112 g/mol. The average Bonchev–Trinajstić information content (AvgIpc) is 1.69.